The summed E-state index contributed by atoms with van der Waals surface area (Å²) >= 11 is 1.41. The summed E-state index contributed by atoms with van der Waals surface area (Å²) in [6.07, 6.45) is 4.80. The number of likely N-dealkylation sites (tertiary alicyclic amines) is 1. The number of anilines is 1. The average molecular weight is 458 g/mol. The molecule has 1 saturated heterocycles. The summed E-state index contributed by atoms with van der Waals surface area (Å²) in [6.45, 7) is 9.41. The first-order chi connectivity index (χ1) is 15.4. The minimum absolute atomic E-state index is 0.00272. The van der Waals surface area contributed by atoms with Gasteiger partial charge in [0.2, 0.25) is 0 Å². The fourth-order valence-electron chi connectivity index (χ4n) is 3.90. The van der Waals surface area contributed by atoms with Gasteiger partial charge in [-0.2, -0.15) is 0 Å². The van der Waals surface area contributed by atoms with Gasteiger partial charge in [0.1, 0.15) is 10.7 Å². The Morgan fingerprint density at radius 3 is 2.75 bits per heavy atom. The smallest absolute Gasteiger partial charge is 0.322 e. The van der Waals surface area contributed by atoms with Crippen LogP contribution in [0.2, 0.25) is 0 Å². The van der Waals surface area contributed by atoms with E-state index in [0.717, 1.165) is 30.2 Å². The Kier molecular flexibility index (Phi) is 9.05. The molecule has 1 aliphatic rings. The van der Waals surface area contributed by atoms with E-state index in [4.69, 9.17) is 0 Å². The number of thiazole rings is 1. The van der Waals surface area contributed by atoms with Crippen LogP contribution in [0.25, 0.3) is 0 Å². The van der Waals surface area contributed by atoms with Crippen molar-refractivity contribution in [1.82, 2.24) is 20.1 Å². The van der Waals surface area contributed by atoms with Gasteiger partial charge in [-0.25, -0.2) is 9.78 Å². The second-order valence-corrected chi connectivity index (χ2v) is 9.58. The number of nitrogens with one attached hydrogen (secondary N) is 2. The number of carbonyl (C=O) groups excluding carboxylic acids is 2. The first-order valence-corrected chi connectivity index (χ1v) is 12.4. The molecule has 1 fully saturated rings. The van der Waals surface area contributed by atoms with E-state index in [9.17, 15) is 9.59 Å². The number of benzene rings is 1. The van der Waals surface area contributed by atoms with Crippen LogP contribution in [0.1, 0.15) is 62.0 Å². The SMILES string of the molecule is CC1CCCCN1CCCNC(=O)c1csc(CN(C(=O)Nc2ccccc2)C(C)C)n1. The van der Waals surface area contributed by atoms with Crippen LogP contribution >= 0.6 is 11.3 Å². The number of aromatic nitrogens is 1. The second-order valence-electron chi connectivity index (χ2n) is 8.63. The average Bonchev–Trinajstić information content (AvgIpc) is 3.25. The van der Waals surface area contributed by atoms with Crippen LogP contribution in [0.5, 0.6) is 0 Å². The summed E-state index contributed by atoms with van der Waals surface area (Å²) in [5.74, 6) is -0.149. The Morgan fingerprint density at radius 1 is 1.25 bits per heavy atom. The quantitative estimate of drug-likeness (QED) is 0.540. The number of amides is 3. The molecular formula is C24H35N5O2S. The lowest BCUT2D eigenvalue weighted by atomic mass is 10.0. The molecule has 7 nitrogen and oxygen atoms in total. The number of nitrogens with zero attached hydrogens (tertiary/aromatic N) is 3. The van der Waals surface area contributed by atoms with Crippen LogP contribution in [-0.2, 0) is 6.54 Å². The highest BCUT2D eigenvalue weighted by atomic mass is 32.1. The molecular weight excluding hydrogens is 422 g/mol. The maximum atomic E-state index is 12.7. The zero-order chi connectivity index (χ0) is 22.9. The highest BCUT2D eigenvalue weighted by Gasteiger charge is 2.21. The van der Waals surface area contributed by atoms with Crippen LogP contribution in [0.3, 0.4) is 0 Å². The standard InChI is InChI=1S/C24H35N5O2S/c1-18(2)29(24(31)26-20-11-5-4-6-12-20)16-22-27-21(17-32-22)23(30)25-13-9-15-28-14-8-7-10-19(28)3/h4-6,11-12,17-19H,7-10,13-16H2,1-3H3,(H,25,30)(H,26,31). The van der Waals surface area contributed by atoms with Gasteiger partial charge >= 0.3 is 6.03 Å². The van der Waals surface area contributed by atoms with Gasteiger partial charge in [-0.15, -0.1) is 11.3 Å². The molecule has 32 heavy (non-hydrogen) atoms. The van der Waals surface area contributed by atoms with Gasteiger partial charge in [0.15, 0.2) is 0 Å². The second kappa shape index (κ2) is 12.0. The number of rotatable bonds is 9. The van der Waals surface area contributed by atoms with Crippen LogP contribution in [0.15, 0.2) is 35.7 Å². The third-order valence-electron chi connectivity index (χ3n) is 5.85. The molecule has 0 spiro atoms. The number of carbonyl (C=O) groups is 2. The van der Waals surface area contributed by atoms with Crippen LogP contribution in [0.4, 0.5) is 10.5 Å². The molecule has 1 aliphatic heterocycles. The van der Waals surface area contributed by atoms with E-state index in [-0.39, 0.29) is 18.0 Å². The van der Waals surface area contributed by atoms with Crippen LogP contribution in [-0.4, -0.2) is 58.4 Å². The zero-order valence-corrected chi connectivity index (χ0v) is 20.2. The molecule has 174 valence electrons. The highest BCUT2D eigenvalue weighted by Crippen LogP contribution is 2.17. The summed E-state index contributed by atoms with van der Waals surface area (Å²) in [5, 5.41) is 8.42. The lowest BCUT2D eigenvalue weighted by Gasteiger charge is -2.33. The topological polar surface area (TPSA) is 77.6 Å². The van der Waals surface area contributed by atoms with E-state index >= 15 is 0 Å². The summed E-state index contributed by atoms with van der Waals surface area (Å²) in [4.78, 5) is 33.9. The zero-order valence-electron chi connectivity index (χ0n) is 19.3. The van der Waals surface area contributed by atoms with Crippen molar-refractivity contribution in [3.05, 3.63) is 46.4 Å². The summed E-state index contributed by atoms with van der Waals surface area (Å²) in [5.41, 5.74) is 1.17. The number of piperidine rings is 1. The van der Waals surface area contributed by atoms with Gasteiger partial charge in [-0.3, -0.25) is 4.79 Å². The molecule has 2 heterocycles. The molecule has 3 amide bonds. The molecule has 2 aromatic rings. The Balaban J connectivity index is 1.47. The van der Waals surface area contributed by atoms with Crippen molar-refractivity contribution in [3.8, 4) is 0 Å². The first kappa shape index (κ1) is 24.2. The molecule has 1 aromatic carbocycles. The fraction of sp³-hybridized carbons (Fsp3) is 0.542. The third kappa shape index (κ3) is 7.03. The largest absolute Gasteiger partial charge is 0.351 e. The Labute approximate surface area is 195 Å². The third-order valence-corrected chi connectivity index (χ3v) is 6.68. The van der Waals surface area contributed by atoms with Crippen molar-refractivity contribution in [2.45, 2.75) is 65.1 Å². The molecule has 0 radical (unpaired) electrons. The normalized spacial score (nSPS) is 16.7. The van der Waals surface area contributed by atoms with Crippen molar-refractivity contribution in [2.24, 2.45) is 0 Å². The molecule has 0 saturated carbocycles. The van der Waals surface area contributed by atoms with Gasteiger partial charge in [-0.1, -0.05) is 24.6 Å². The number of urea groups is 1. The van der Waals surface area contributed by atoms with Crippen molar-refractivity contribution in [1.29, 1.82) is 0 Å². The minimum atomic E-state index is -0.181. The summed E-state index contributed by atoms with van der Waals surface area (Å²) < 4.78 is 0. The van der Waals surface area contributed by atoms with E-state index in [0.29, 0.717) is 24.8 Å². The van der Waals surface area contributed by atoms with Gasteiger partial charge in [0.25, 0.3) is 5.91 Å². The minimum Gasteiger partial charge on any atom is -0.351 e. The Bertz CT molecular complexity index is 870. The van der Waals surface area contributed by atoms with E-state index in [1.165, 1.54) is 30.6 Å². The van der Waals surface area contributed by atoms with Crippen molar-refractivity contribution < 1.29 is 9.59 Å². The van der Waals surface area contributed by atoms with Gasteiger partial charge in [0, 0.05) is 36.2 Å². The predicted molar refractivity (Wildman–Crippen MR) is 130 cm³/mol. The van der Waals surface area contributed by atoms with Gasteiger partial charge < -0.3 is 20.4 Å². The highest BCUT2D eigenvalue weighted by molar-refractivity contribution is 7.09. The van der Waals surface area contributed by atoms with Crippen LogP contribution < -0.4 is 10.6 Å². The molecule has 1 unspecified atom stereocenters. The van der Waals surface area contributed by atoms with E-state index in [1.807, 2.05) is 44.2 Å². The number of hydrogen-bond acceptors (Lipinski definition) is 5. The van der Waals surface area contributed by atoms with Gasteiger partial charge in [-0.05, 0) is 58.7 Å². The maximum Gasteiger partial charge on any atom is 0.322 e. The van der Waals surface area contributed by atoms with E-state index in [2.05, 4.69) is 27.4 Å². The molecule has 0 bridgehead atoms. The molecule has 3 rings (SSSR count). The molecule has 1 atom stereocenters. The summed E-state index contributed by atoms with van der Waals surface area (Å²) in [7, 11) is 0. The predicted octanol–water partition coefficient (Wildman–Crippen LogP) is 4.58. The number of hydrogen-bond donors (Lipinski definition) is 2. The Morgan fingerprint density at radius 2 is 2.03 bits per heavy atom. The molecule has 8 heteroatoms. The van der Waals surface area contributed by atoms with Crippen LogP contribution in [0, 0.1) is 0 Å². The van der Waals surface area contributed by atoms with Crippen molar-refractivity contribution in [2.75, 3.05) is 25.0 Å². The first-order valence-electron chi connectivity index (χ1n) is 11.5. The van der Waals surface area contributed by atoms with E-state index < -0.39 is 0 Å². The lowest BCUT2D eigenvalue weighted by Crippen LogP contribution is -2.39. The van der Waals surface area contributed by atoms with Gasteiger partial charge in [0.05, 0.1) is 6.54 Å². The van der Waals surface area contributed by atoms with E-state index in [1.54, 1.807) is 10.3 Å². The molecule has 1 aromatic heterocycles. The van der Waals surface area contributed by atoms with Crippen molar-refractivity contribution in [3.63, 3.8) is 0 Å². The Hall–Kier alpha value is -2.45. The van der Waals surface area contributed by atoms with Crippen molar-refractivity contribution >= 4 is 29.0 Å². The molecule has 2 N–H and O–H groups in total. The lowest BCUT2D eigenvalue weighted by molar-refractivity contribution is 0.0944. The maximum absolute atomic E-state index is 12.7. The monoisotopic (exact) mass is 457 g/mol. The molecule has 0 aliphatic carbocycles. The number of para-hydroxylation sites is 1. The summed E-state index contributed by atoms with van der Waals surface area (Å²) in [6, 6.07) is 9.84. The fourth-order valence-corrected chi connectivity index (χ4v) is 4.68.